The normalized spacial score (nSPS) is 12.6. The maximum Gasteiger partial charge on any atom is 0.191 e. The molecule has 0 spiro atoms. The van der Waals surface area contributed by atoms with Gasteiger partial charge in [0.1, 0.15) is 0 Å². The quantitative estimate of drug-likeness (QED) is 0.419. The first kappa shape index (κ1) is 16.1. The van der Waals surface area contributed by atoms with Crippen molar-refractivity contribution in [1.29, 1.82) is 0 Å². The number of thiophene rings is 1. The molecule has 4 aromatic rings. The Morgan fingerprint density at radius 2 is 2.08 bits per heavy atom. The van der Waals surface area contributed by atoms with E-state index in [0.717, 1.165) is 32.3 Å². The molecule has 0 bridgehead atoms. The minimum atomic E-state index is -0.252. The molecule has 7 heteroatoms. The molecular weight excluding hydrogens is 352 g/mol. The third-order valence-electron chi connectivity index (χ3n) is 4.08. The fraction of sp³-hybridized carbons (Fsp3) is 0.167. The second kappa shape index (κ2) is 6.50. The van der Waals surface area contributed by atoms with Gasteiger partial charge in [0.05, 0.1) is 10.1 Å². The fourth-order valence-corrected chi connectivity index (χ4v) is 4.37. The van der Waals surface area contributed by atoms with Gasteiger partial charge in [-0.3, -0.25) is 4.79 Å². The summed E-state index contributed by atoms with van der Waals surface area (Å²) in [6, 6.07) is 11.8. The monoisotopic (exact) mass is 368 g/mol. The Hall–Kier alpha value is -2.38. The van der Waals surface area contributed by atoms with E-state index in [9.17, 15) is 4.79 Å². The van der Waals surface area contributed by atoms with Crippen molar-refractivity contribution in [3.8, 4) is 10.7 Å². The highest BCUT2D eigenvalue weighted by atomic mass is 32.2. The van der Waals surface area contributed by atoms with E-state index in [-0.39, 0.29) is 11.0 Å². The smallest absolute Gasteiger partial charge is 0.191 e. The van der Waals surface area contributed by atoms with Gasteiger partial charge in [0.2, 0.25) is 0 Å². The van der Waals surface area contributed by atoms with E-state index in [1.54, 1.807) is 17.5 Å². The number of H-pyrrole nitrogens is 1. The van der Waals surface area contributed by atoms with Crippen LogP contribution in [-0.2, 0) is 7.05 Å². The van der Waals surface area contributed by atoms with Crippen molar-refractivity contribution in [2.24, 2.45) is 7.05 Å². The summed E-state index contributed by atoms with van der Waals surface area (Å²) in [4.78, 5) is 17.1. The van der Waals surface area contributed by atoms with Crippen LogP contribution < -0.4 is 0 Å². The number of aromatic amines is 1. The Bertz CT molecular complexity index is 1030. The number of nitrogens with one attached hydrogen (secondary N) is 1. The Morgan fingerprint density at radius 1 is 1.24 bits per heavy atom. The molecule has 0 aliphatic rings. The summed E-state index contributed by atoms with van der Waals surface area (Å²) in [5.41, 5.74) is 1.69. The van der Waals surface area contributed by atoms with Gasteiger partial charge < -0.3 is 9.55 Å². The predicted octanol–water partition coefficient (Wildman–Crippen LogP) is 4.39. The highest BCUT2D eigenvalue weighted by Crippen LogP contribution is 2.30. The van der Waals surface area contributed by atoms with E-state index >= 15 is 0 Å². The van der Waals surface area contributed by atoms with E-state index in [1.165, 1.54) is 11.8 Å². The second-order valence-electron chi connectivity index (χ2n) is 5.71. The van der Waals surface area contributed by atoms with Crippen LogP contribution in [0.5, 0.6) is 0 Å². The van der Waals surface area contributed by atoms with E-state index in [1.807, 2.05) is 60.3 Å². The number of benzene rings is 1. The molecule has 1 N–H and O–H groups in total. The first-order valence-electron chi connectivity index (χ1n) is 7.85. The topological polar surface area (TPSA) is 63.6 Å². The van der Waals surface area contributed by atoms with E-state index in [2.05, 4.69) is 15.2 Å². The third kappa shape index (κ3) is 2.89. The van der Waals surface area contributed by atoms with E-state index in [0.29, 0.717) is 0 Å². The largest absolute Gasteiger partial charge is 0.360 e. The summed E-state index contributed by atoms with van der Waals surface area (Å²) in [7, 11) is 1.93. The number of fused-ring (bicyclic) bond motifs is 1. The van der Waals surface area contributed by atoms with Crippen molar-refractivity contribution in [3.63, 3.8) is 0 Å². The summed E-state index contributed by atoms with van der Waals surface area (Å²) in [5.74, 6) is 0.910. The number of carbonyl (C=O) groups excluding carboxylic acids is 1. The van der Waals surface area contributed by atoms with Crippen molar-refractivity contribution in [2.75, 3.05) is 0 Å². The number of carbonyl (C=O) groups is 1. The predicted molar refractivity (Wildman–Crippen MR) is 102 cm³/mol. The molecule has 126 valence electrons. The highest BCUT2D eigenvalue weighted by molar-refractivity contribution is 8.00. The molecular formula is C18H16N4OS2. The van der Waals surface area contributed by atoms with Gasteiger partial charge in [0.25, 0.3) is 0 Å². The van der Waals surface area contributed by atoms with Gasteiger partial charge in [-0.15, -0.1) is 21.5 Å². The van der Waals surface area contributed by atoms with Crippen molar-refractivity contribution in [2.45, 2.75) is 17.3 Å². The molecule has 0 radical (unpaired) electrons. The molecule has 1 atom stereocenters. The maximum atomic E-state index is 12.9. The van der Waals surface area contributed by atoms with Gasteiger partial charge in [-0.25, -0.2) is 0 Å². The molecule has 5 nitrogen and oxygen atoms in total. The molecule has 0 saturated heterocycles. The van der Waals surface area contributed by atoms with Crippen LogP contribution in [0.2, 0.25) is 0 Å². The lowest BCUT2D eigenvalue weighted by Gasteiger charge is -2.09. The SMILES string of the molecule is C[C@@H](Sc1nnc(-c2cccs2)n1C)C(=O)c1c[nH]c2ccccc12. The fourth-order valence-electron chi connectivity index (χ4n) is 2.74. The molecule has 1 aromatic carbocycles. The van der Waals surface area contributed by atoms with Crippen LogP contribution >= 0.6 is 23.1 Å². The van der Waals surface area contributed by atoms with Crippen LogP contribution in [0.3, 0.4) is 0 Å². The maximum absolute atomic E-state index is 12.9. The van der Waals surface area contributed by atoms with Crippen molar-refractivity contribution in [3.05, 3.63) is 53.5 Å². The van der Waals surface area contributed by atoms with Gasteiger partial charge in [0.15, 0.2) is 16.8 Å². The zero-order chi connectivity index (χ0) is 17.4. The van der Waals surface area contributed by atoms with Gasteiger partial charge >= 0.3 is 0 Å². The van der Waals surface area contributed by atoms with Gasteiger partial charge in [-0.2, -0.15) is 0 Å². The minimum absolute atomic E-state index is 0.0862. The summed E-state index contributed by atoms with van der Waals surface area (Å²) in [6.07, 6.45) is 1.79. The molecule has 4 rings (SSSR count). The number of Topliss-reactive ketones (excluding diaryl/α,β-unsaturated/α-hetero) is 1. The first-order chi connectivity index (χ1) is 12.1. The van der Waals surface area contributed by atoms with Crippen LogP contribution in [0.1, 0.15) is 17.3 Å². The first-order valence-corrected chi connectivity index (χ1v) is 9.61. The third-order valence-corrected chi connectivity index (χ3v) is 6.08. The molecule has 0 unspecified atom stereocenters. The number of aromatic nitrogens is 4. The van der Waals surface area contributed by atoms with Gasteiger partial charge in [-0.05, 0) is 24.4 Å². The molecule has 0 fully saturated rings. The number of hydrogen-bond donors (Lipinski definition) is 1. The molecule has 0 aliphatic heterocycles. The van der Waals surface area contributed by atoms with Crippen molar-refractivity contribution >= 4 is 39.8 Å². The number of para-hydroxylation sites is 1. The van der Waals surface area contributed by atoms with Gasteiger partial charge in [0, 0.05) is 29.7 Å². The summed E-state index contributed by atoms with van der Waals surface area (Å²) < 4.78 is 1.94. The molecule has 0 saturated carbocycles. The molecule has 0 aliphatic carbocycles. The minimum Gasteiger partial charge on any atom is -0.360 e. The standard InChI is InChI=1S/C18H16N4OS2/c1-11(16(23)13-10-19-14-7-4-3-6-12(13)14)25-18-21-20-17(22(18)2)15-8-5-9-24-15/h3-11,19H,1-2H3/t11-/m1/s1. The Balaban J connectivity index is 1.58. The Labute approximate surface area is 153 Å². The number of ketones is 1. The van der Waals surface area contributed by atoms with Crippen LogP contribution in [-0.4, -0.2) is 30.8 Å². The zero-order valence-corrected chi connectivity index (χ0v) is 15.4. The number of rotatable bonds is 5. The lowest BCUT2D eigenvalue weighted by atomic mass is 10.1. The Morgan fingerprint density at radius 3 is 2.88 bits per heavy atom. The second-order valence-corrected chi connectivity index (χ2v) is 7.97. The van der Waals surface area contributed by atoms with Crippen LogP contribution in [0.25, 0.3) is 21.6 Å². The lowest BCUT2D eigenvalue weighted by molar-refractivity contribution is 0.0995. The number of nitrogens with zero attached hydrogens (tertiary/aromatic N) is 3. The summed E-state index contributed by atoms with van der Waals surface area (Å²) >= 11 is 3.06. The highest BCUT2D eigenvalue weighted by Gasteiger charge is 2.22. The average molecular weight is 368 g/mol. The Kier molecular flexibility index (Phi) is 4.19. The van der Waals surface area contributed by atoms with E-state index < -0.39 is 0 Å². The molecule has 3 aromatic heterocycles. The van der Waals surface area contributed by atoms with Crippen LogP contribution in [0.4, 0.5) is 0 Å². The van der Waals surface area contributed by atoms with Crippen LogP contribution in [0.15, 0.2) is 53.1 Å². The number of thioether (sulfide) groups is 1. The van der Waals surface area contributed by atoms with E-state index in [4.69, 9.17) is 0 Å². The number of hydrogen-bond acceptors (Lipinski definition) is 5. The summed E-state index contributed by atoms with van der Waals surface area (Å²) in [5, 5.41) is 12.0. The molecule has 3 heterocycles. The zero-order valence-electron chi connectivity index (χ0n) is 13.8. The molecule has 25 heavy (non-hydrogen) atoms. The average Bonchev–Trinajstić information content (AvgIpc) is 3.35. The van der Waals surface area contributed by atoms with Gasteiger partial charge in [-0.1, -0.05) is 36.0 Å². The lowest BCUT2D eigenvalue weighted by Crippen LogP contribution is -2.14. The van der Waals surface area contributed by atoms with Crippen molar-refractivity contribution < 1.29 is 4.79 Å². The van der Waals surface area contributed by atoms with Crippen LogP contribution in [0, 0.1) is 0 Å². The molecule has 0 amide bonds. The summed E-state index contributed by atoms with van der Waals surface area (Å²) in [6.45, 7) is 1.91. The van der Waals surface area contributed by atoms with Crippen molar-refractivity contribution in [1.82, 2.24) is 19.7 Å².